The number of rotatable bonds is 2. The molecule has 2 aliphatic heterocycles. The molecule has 2 nitrogen and oxygen atoms in total. The molecule has 2 aromatic rings. The van der Waals surface area contributed by atoms with E-state index in [0.29, 0.717) is 6.04 Å². The number of benzene rings is 2. The van der Waals surface area contributed by atoms with Crippen molar-refractivity contribution in [3.8, 4) is 11.1 Å². The van der Waals surface area contributed by atoms with Crippen molar-refractivity contribution in [1.82, 2.24) is 5.32 Å². The highest BCUT2D eigenvalue weighted by molar-refractivity contribution is 7.98. The summed E-state index contributed by atoms with van der Waals surface area (Å²) in [5.41, 5.74) is 5.66. The maximum absolute atomic E-state index is 3.51. The van der Waals surface area contributed by atoms with Crippen LogP contribution in [-0.2, 0) is 6.42 Å². The molecule has 1 unspecified atom stereocenters. The third-order valence-corrected chi connectivity index (χ3v) is 5.64. The normalized spacial score (nSPS) is 20.4. The highest BCUT2D eigenvalue weighted by Gasteiger charge is 2.29. The lowest BCUT2D eigenvalue weighted by molar-refractivity contribution is 0.612. The summed E-state index contributed by atoms with van der Waals surface area (Å²) in [4.78, 5) is 3.93. The molecule has 1 N–H and O–H groups in total. The largest absolute Gasteiger partial charge is 0.367 e. The highest BCUT2D eigenvalue weighted by atomic mass is 32.2. The number of hydrogen-bond donors (Lipinski definition) is 1. The third kappa shape index (κ3) is 2.53. The van der Waals surface area contributed by atoms with E-state index in [1.54, 1.807) is 11.8 Å². The van der Waals surface area contributed by atoms with Crippen LogP contribution in [0.4, 0.5) is 5.69 Å². The van der Waals surface area contributed by atoms with Gasteiger partial charge in [0.2, 0.25) is 0 Å². The topological polar surface area (TPSA) is 15.3 Å². The van der Waals surface area contributed by atoms with Gasteiger partial charge in [0.1, 0.15) is 0 Å². The van der Waals surface area contributed by atoms with E-state index in [-0.39, 0.29) is 0 Å². The van der Waals surface area contributed by atoms with E-state index in [1.165, 1.54) is 40.1 Å². The van der Waals surface area contributed by atoms with Crippen molar-refractivity contribution in [1.29, 1.82) is 0 Å². The fourth-order valence-electron chi connectivity index (χ4n) is 3.71. The fourth-order valence-corrected chi connectivity index (χ4v) is 4.12. The summed E-state index contributed by atoms with van der Waals surface area (Å²) in [6, 6.07) is 16.6. The summed E-state index contributed by atoms with van der Waals surface area (Å²) in [6.07, 6.45) is 4.58. The quantitative estimate of drug-likeness (QED) is 0.849. The van der Waals surface area contributed by atoms with Gasteiger partial charge in [-0.3, -0.25) is 0 Å². The monoisotopic (exact) mass is 310 g/mol. The molecule has 0 saturated carbocycles. The van der Waals surface area contributed by atoms with Gasteiger partial charge in [-0.25, -0.2) is 0 Å². The number of nitrogens with zero attached hydrogens (tertiary/aromatic N) is 1. The number of anilines is 1. The van der Waals surface area contributed by atoms with E-state index in [4.69, 9.17) is 0 Å². The van der Waals surface area contributed by atoms with Gasteiger partial charge in [-0.1, -0.05) is 18.2 Å². The minimum Gasteiger partial charge on any atom is -0.367 e. The molecule has 22 heavy (non-hydrogen) atoms. The summed E-state index contributed by atoms with van der Waals surface area (Å²) in [7, 11) is 0. The van der Waals surface area contributed by atoms with E-state index >= 15 is 0 Å². The van der Waals surface area contributed by atoms with Crippen LogP contribution in [0, 0.1) is 0 Å². The molecular weight excluding hydrogens is 288 g/mol. The molecule has 3 heteroatoms. The molecule has 1 saturated heterocycles. The third-order valence-electron chi connectivity index (χ3n) is 4.89. The van der Waals surface area contributed by atoms with Gasteiger partial charge in [0, 0.05) is 29.7 Å². The molecule has 1 fully saturated rings. The second kappa shape index (κ2) is 5.98. The molecule has 0 bridgehead atoms. The van der Waals surface area contributed by atoms with Crippen molar-refractivity contribution in [2.45, 2.75) is 23.8 Å². The van der Waals surface area contributed by atoms with Gasteiger partial charge in [0.05, 0.1) is 0 Å². The first kappa shape index (κ1) is 14.2. The average Bonchev–Trinajstić information content (AvgIpc) is 2.75. The van der Waals surface area contributed by atoms with E-state index in [0.717, 1.165) is 19.6 Å². The van der Waals surface area contributed by atoms with Crippen molar-refractivity contribution in [3.63, 3.8) is 0 Å². The Labute approximate surface area is 136 Å². The van der Waals surface area contributed by atoms with Crippen LogP contribution in [-0.4, -0.2) is 31.9 Å². The van der Waals surface area contributed by atoms with Crippen LogP contribution in [0.1, 0.15) is 12.0 Å². The molecule has 4 rings (SSSR count). The summed E-state index contributed by atoms with van der Waals surface area (Å²) < 4.78 is 0. The standard InChI is InChI=1S/C19H22N2S/c1-22-18-5-2-14(3-6-18)15-4-7-19-16(12-15)13-17-8-9-20-10-11-21(17)19/h2-7,12,17,20H,8-11,13H2,1H3. The molecule has 114 valence electrons. The maximum Gasteiger partial charge on any atom is 0.0403 e. The molecule has 2 aliphatic rings. The Hall–Kier alpha value is -1.45. The van der Waals surface area contributed by atoms with Gasteiger partial charge in [-0.15, -0.1) is 11.8 Å². The van der Waals surface area contributed by atoms with Crippen LogP contribution in [0.3, 0.4) is 0 Å². The van der Waals surface area contributed by atoms with Crippen molar-refractivity contribution in [2.75, 3.05) is 30.8 Å². The van der Waals surface area contributed by atoms with Gasteiger partial charge in [0.25, 0.3) is 0 Å². The SMILES string of the molecule is CSc1ccc(-c2ccc3c(c2)CC2CCNCCN32)cc1. The zero-order valence-electron chi connectivity index (χ0n) is 13.0. The Bertz CT molecular complexity index is 666. The first-order valence-electron chi connectivity index (χ1n) is 8.10. The smallest absolute Gasteiger partial charge is 0.0403 e. The van der Waals surface area contributed by atoms with Gasteiger partial charge in [-0.2, -0.15) is 0 Å². The number of thioether (sulfide) groups is 1. The summed E-state index contributed by atoms with van der Waals surface area (Å²) in [5.74, 6) is 0. The van der Waals surface area contributed by atoms with Crippen LogP contribution in [0.25, 0.3) is 11.1 Å². The van der Waals surface area contributed by atoms with Gasteiger partial charge < -0.3 is 10.2 Å². The Morgan fingerprint density at radius 2 is 1.86 bits per heavy atom. The first-order chi connectivity index (χ1) is 10.8. The van der Waals surface area contributed by atoms with Gasteiger partial charge >= 0.3 is 0 Å². The van der Waals surface area contributed by atoms with Crippen LogP contribution in [0.15, 0.2) is 47.4 Å². The Kier molecular flexibility index (Phi) is 3.85. The predicted octanol–water partition coefficient (Wildman–Crippen LogP) is 3.80. The molecule has 0 aromatic heterocycles. The minimum absolute atomic E-state index is 0.694. The van der Waals surface area contributed by atoms with E-state index in [1.807, 2.05) is 0 Å². The lowest BCUT2D eigenvalue weighted by Crippen LogP contribution is -2.32. The lowest BCUT2D eigenvalue weighted by Gasteiger charge is -2.24. The molecular formula is C19H22N2S. The molecule has 0 spiro atoms. The number of nitrogens with one attached hydrogen (secondary N) is 1. The average molecular weight is 310 g/mol. The maximum atomic E-state index is 3.51. The second-order valence-corrected chi connectivity index (χ2v) is 7.04. The first-order valence-corrected chi connectivity index (χ1v) is 9.32. The lowest BCUT2D eigenvalue weighted by atomic mass is 10.0. The summed E-state index contributed by atoms with van der Waals surface area (Å²) in [5, 5.41) is 3.51. The summed E-state index contributed by atoms with van der Waals surface area (Å²) in [6.45, 7) is 3.39. The molecule has 0 amide bonds. The van der Waals surface area contributed by atoms with Crippen molar-refractivity contribution in [2.24, 2.45) is 0 Å². The minimum atomic E-state index is 0.694. The number of hydrogen-bond acceptors (Lipinski definition) is 3. The molecule has 0 radical (unpaired) electrons. The van der Waals surface area contributed by atoms with Crippen LogP contribution in [0.5, 0.6) is 0 Å². The van der Waals surface area contributed by atoms with Gasteiger partial charge in [-0.05, 0) is 66.6 Å². The molecule has 0 aliphatic carbocycles. The second-order valence-electron chi connectivity index (χ2n) is 6.16. The van der Waals surface area contributed by atoms with E-state index in [2.05, 4.69) is 58.9 Å². The Morgan fingerprint density at radius 1 is 1.05 bits per heavy atom. The van der Waals surface area contributed by atoms with Crippen molar-refractivity contribution in [3.05, 3.63) is 48.0 Å². The Morgan fingerprint density at radius 3 is 2.68 bits per heavy atom. The van der Waals surface area contributed by atoms with Crippen LogP contribution in [0.2, 0.25) is 0 Å². The predicted molar refractivity (Wildman–Crippen MR) is 96.0 cm³/mol. The van der Waals surface area contributed by atoms with Crippen LogP contribution < -0.4 is 10.2 Å². The fraction of sp³-hybridized carbons (Fsp3) is 0.368. The zero-order valence-corrected chi connectivity index (χ0v) is 13.8. The summed E-state index contributed by atoms with van der Waals surface area (Å²) >= 11 is 1.80. The van der Waals surface area contributed by atoms with Crippen LogP contribution >= 0.6 is 11.8 Å². The van der Waals surface area contributed by atoms with Gasteiger partial charge in [0.15, 0.2) is 0 Å². The molecule has 2 heterocycles. The Balaban J connectivity index is 1.65. The van der Waals surface area contributed by atoms with E-state index < -0.39 is 0 Å². The van der Waals surface area contributed by atoms with Crippen molar-refractivity contribution >= 4 is 17.4 Å². The number of fused-ring (bicyclic) bond motifs is 3. The molecule has 2 aromatic carbocycles. The molecule has 1 atom stereocenters. The van der Waals surface area contributed by atoms with E-state index in [9.17, 15) is 0 Å². The highest BCUT2D eigenvalue weighted by Crippen LogP contribution is 2.36. The zero-order chi connectivity index (χ0) is 14.9. The van der Waals surface area contributed by atoms with Crippen molar-refractivity contribution < 1.29 is 0 Å².